The number of aromatic nitrogens is 2. The summed E-state index contributed by atoms with van der Waals surface area (Å²) in [6.45, 7) is 1.87. The van der Waals surface area contributed by atoms with Crippen LogP contribution in [0.2, 0.25) is 5.15 Å². The highest BCUT2D eigenvalue weighted by atomic mass is 79.9. The van der Waals surface area contributed by atoms with E-state index in [1.165, 1.54) is 0 Å². The van der Waals surface area contributed by atoms with Gasteiger partial charge in [-0.3, -0.25) is 16.0 Å². The fraction of sp³-hybridized carbons (Fsp3) is 0.308. The molecule has 0 saturated heterocycles. The number of nitrogens with one attached hydrogen (secondary N) is 1. The molecule has 0 saturated carbocycles. The highest BCUT2D eigenvalue weighted by Crippen LogP contribution is 2.29. The molecule has 0 spiro atoms. The van der Waals surface area contributed by atoms with E-state index in [4.69, 9.17) is 17.4 Å². The van der Waals surface area contributed by atoms with Gasteiger partial charge in [0.15, 0.2) is 0 Å². The smallest absolute Gasteiger partial charge is 0.142 e. The summed E-state index contributed by atoms with van der Waals surface area (Å²) >= 11 is 9.38. The minimum Gasteiger partial charge on any atom is -0.271 e. The molecule has 0 fully saturated rings. The molecule has 1 aromatic carbocycles. The van der Waals surface area contributed by atoms with Gasteiger partial charge in [0, 0.05) is 18.2 Å². The van der Waals surface area contributed by atoms with E-state index in [0.717, 1.165) is 11.3 Å². The maximum atomic E-state index is 14.2. The lowest BCUT2D eigenvalue weighted by molar-refractivity contribution is 0.507. The van der Waals surface area contributed by atoms with Crippen LogP contribution >= 0.6 is 27.5 Å². The van der Waals surface area contributed by atoms with Crippen molar-refractivity contribution in [2.75, 3.05) is 0 Å². The van der Waals surface area contributed by atoms with E-state index in [1.54, 1.807) is 29.9 Å². The number of hydrazine groups is 1. The van der Waals surface area contributed by atoms with E-state index < -0.39 is 0 Å². The molecule has 3 N–H and O–H groups in total. The summed E-state index contributed by atoms with van der Waals surface area (Å²) in [5.74, 6) is 5.25. The van der Waals surface area contributed by atoms with Crippen molar-refractivity contribution in [1.82, 2.24) is 15.2 Å². The van der Waals surface area contributed by atoms with E-state index in [1.807, 2.05) is 6.92 Å². The van der Waals surface area contributed by atoms with E-state index >= 15 is 0 Å². The van der Waals surface area contributed by atoms with E-state index in [0.29, 0.717) is 21.6 Å². The van der Waals surface area contributed by atoms with Crippen LogP contribution in [0.25, 0.3) is 0 Å². The average molecular weight is 362 g/mol. The minimum atomic E-state index is -0.382. The molecule has 2 rings (SSSR count). The molecule has 1 heterocycles. The van der Waals surface area contributed by atoms with Crippen molar-refractivity contribution in [3.8, 4) is 0 Å². The summed E-state index contributed by atoms with van der Waals surface area (Å²) < 4.78 is 16.2. The van der Waals surface area contributed by atoms with Gasteiger partial charge in [-0.05, 0) is 35.3 Å². The van der Waals surface area contributed by atoms with Crippen LogP contribution in [0.5, 0.6) is 0 Å². The number of hydrogen-bond acceptors (Lipinski definition) is 3. The third kappa shape index (κ3) is 2.88. The molecule has 4 nitrogen and oxygen atoms in total. The van der Waals surface area contributed by atoms with Gasteiger partial charge < -0.3 is 0 Å². The number of hydrogen-bond donors (Lipinski definition) is 2. The van der Waals surface area contributed by atoms with E-state index in [-0.39, 0.29) is 11.9 Å². The summed E-state index contributed by atoms with van der Waals surface area (Å²) in [4.78, 5) is 0. The molecule has 0 aliphatic carbocycles. The van der Waals surface area contributed by atoms with Crippen molar-refractivity contribution >= 4 is 27.5 Å². The lowest BCUT2D eigenvalue weighted by Crippen LogP contribution is -2.30. The summed E-state index contributed by atoms with van der Waals surface area (Å²) in [6.07, 6.45) is 0.461. The first kappa shape index (κ1) is 15.4. The molecule has 1 aromatic heterocycles. The zero-order valence-electron chi connectivity index (χ0n) is 11.1. The van der Waals surface area contributed by atoms with Crippen LogP contribution in [-0.4, -0.2) is 9.78 Å². The van der Waals surface area contributed by atoms with Crippen molar-refractivity contribution < 1.29 is 4.39 Å². The number of nitrogens with two attached hydrogens (primary N) is 1. The highest BCUT2D eigenvalue weighted by Gasteiger charge is 2.21. The predicted molar refractivity (Wildman–Crippen MR) is 80.8 cm³/mol. The van der Waals surface area contributed by atoms with Gasteiger partial charge in [0.2, 0.25) is 0 Å². The Balaban J connectivity index is 2.36. The average Bonchev–Trinajstić information content (AvgIpc) is 2.65. The Kier molecular flexibility index (Phi) is 4.80. The van der Waals surface area contributed by atoms with Crippen LogP contribution in [0.3, 0.4) is 0 Å². The van der Waals surface area contributed by atoms with Crippen LogP contribution in [-0.2, 0) is 13.5 Å². The zero-order valence-corrected chi connectivity index (χ0v) is 13.5. The fourth-order valence-electron chi connectivity index (χ4n) is 2.16. The topological polar surface area (TPSA) is 55.9 Å². The Bertz CT molecular complexity index is 629. The number of nitrogens with zero attached hydrogens (tertiary/aromatic N) is 2. The zero-order chi connectivity index (χ0) is 14.9. The Morgan fingerprint density at radius 2 is 2.25 bits per heavy atom. The molecule has 7 heteroatoms. The fourth-order valence-corrected chi connectivity index (χ4v) is 2.79. The van der Waals surface area contributed by atoms with Gasteiger partial charge in [-0.25, -0.2) is 4.39 Å². The molecule has 0 radical (unpaired) electrons. The second-order valence-electron chi connectivity index (χ2n) is 4.54. The molecule has 20 heavy (non-hydrogen) atoms. The maximum absolute atomic E-state index is 14.2. The van der Waals surface area contributed by atoms with Crippen LogP contribution < -0.4 is 11.3 Å². The number of rotatable bonds is 4. The standard InChI is InChI=1S/C13H15BrClFN4/c1-7-9(13(15)20(2)19-7)6-11(18-17)8-4-3-5-10(14)12(8)16/h3-5,11,18H,6,17H2,1-2H3. The van der Waals surface area contributed by atoms with E-state index in [2.05, 4.69) is 26.5 Å². The largest absolute Gasteiger partial charge is 0.271 e. The normalized spacial score (nSPS) is 12.7. The van der Waals surface area contributed by atoms with Crippen molar-refractivity contribution in [3.05, 3.63) is 50.5 Å². The van der Waals surface area contributed by atoms with Crippen molar-refractivity contribution in [2.45, 2.75) is 19.4 Å². The molecule has 0 aliphatic heterocycles. The summed E-state index contributed by atoms with van der Waals surface area (Å²) in [5.41, 5.74) is 4.80. The summed E-state index contributed by atoms with van der Waals surface area (Å²) in [5, 5.41) is 4.78. The molecule has 2 aromatic rings. The first-order chi connectivity index (χ1) is 9.45. The maximum Gasteiger partial charge on any atom is 0.142 e. The molecular weight excluding hydrogens is 347 g/mol. The molecule has 1 atom stereocenters. The Morgan fingerprint density at radius 3 is 2.80 bits per heavy atom. The van der Waals surface area contributed by atoms with Crippen molar-refractivity contribution in [1.29, 1.82) is 0 Å². The number of aryl methyl sites for hydroxylation is 2. The second-order valence-corrected chi connectivity index (χ2v) is 5.76. The van der Waals surface area contributed by atoms with Gasteiger partial charge in [0.25, 0.3) is 0 Å². The van der Waals surface area contributed by atoms with Gasteiger partial charge in [-0.1, -0.05) is 23.7 Å². The monoisotopic (exact) mass is 360 g/mol. The third-order valence-electron chi connectivity index (χ3n) is 3.24. The summed E-state index contributed by atoms with van der Waals surface area (Å²) in [7, 11) is 1.77. The molecule has 1 unspecified atom stereocenters. The Labute approximate surface area is 130 Å². The molecular formula is C13H15BrClFN4. The van der Waals surface area contributed by atoms with Crippen LogP contribution in [0, 0.1) is 12.7 Å². The lowest BCUT2D eigenvalue weighted by Gasteiger charge is -2.17. The summed E-state index contributed by atoms with van der Waals surface area (Å²) in [6, 6.07) is 4.73. The SMILES string of the molecule is Cc1nn(C)c(Cl)c1CC(NN)c1cccc(Br)c1F. The van der Waals surface area contributed by atoms with E-state index in [9.17, 15) is 4.39 Å². The number of benzene rings is 1. The van der Waals surface area contributed by atoms with Gasteiger partial charge in [-0.15, -0.1) is 0 Å². The molecule has 0 aliphatic rings. The van der Waals surface area contributed by atoms with Crippen LogP contribution in [0.15, 0.2) is 22.7 Å². The predicted octanol–water partition coefficient (Wildman–Crippen LogP) is 3.03. The van der Waals surface area contributed by atoms with Crippen LogP contribution in [0.4, 0.5) is 4.39 Å². The first-order valence-corrected chi connectivity index (χ1v) is 7.20. The van der Waals surface area contributed by atoms with Gasteiger partial charge >= 0.3 is 0 Å². The highest BCUT2D eigenvalue weighted by molar-refractivity contribution is 9.10. The van der Waals surface area contributed by atoms with Crippen molar-refractivity contribution in [3.63, 3.8) is 0 Å². The second kappa shape index (κ2) is 6.22. The Hall–Kier alpha value is -0.950. The van der Waals surface area contributed by atoms with Crippen LogP contribution in [0.1, 0.15) is 22.9 Å². The third-order valence-corrected chi connectivity index (χ3v) is 4.32. The molecule has 0 amide bonds. The first-order valence-electron chi connectivity index (χ1n) is 6.03. The quantitative estimate of drug-likeness (QED) is 0.650. The lowest BCUT2D eigenvalue weighted by atomic mass is 9.99. The minimum absolute atomic E-state index is 0.326. The molecule has 0 bridgehead atoms. The van der Waals surface area contributed by atoms with Gasteiger partial charge in [0.05, 0.1) is 16.2 Å². The Morgan fingerprint density at radius 1 is 1.55 bits per heavy atom. The molecule has 108 valence electrons. The van der Waals surface area contributed by atoms with Gasteiger partial charge in [-0.2, -0.15) is 5.10 Å². The van der Waals surface area contributed by atoms with Gasteiger partial charge in [0.1, 0.15) is 11.0 Å². The van der Waals surface area contributed by atoms with Crippen molar-refractivity contribution in [2.24, 2.45) is 12.9 Å². The number of halogens is 3.